The number of alkyl halides is 2. The maximum absolute atomic E-state index is 11.9. The quantitative estimate of drug-likeness (QED) is 0.193. The molecule has 0 saturated carbocycles. The number of aromatic nitrogens is 1. The minimum absolute atomic E-state index is 0.0734. The number of esters is 2. The van der Waals surface area contributed by atoms with Crippen LogP contribution in [0.5, 0.6) is 0 Å². The lowest BCUT2D eigenvalue weighted by atomic mass is 10.2. The fraction of sp³-hybridized carbons (Fsp3) is 0.435. The summed E-state index contributed by atoms with van der Waals surface area (Å²) in [6.45, 7) is 3.78. The van der Waals surface area contributed by atoms with Crippen molar-refractivity contribution in [1.29, 1.82) is 5.26 Å². The Morgan fingerprint density at radius 1 is 1.11 bits per heavy atom. The smallest absolute Gasteiger partial charge is 0.307 e. The summed E-state index contributed by atoms with van der Waals surface area (Å²) >= 11 is 12.2. The van der Waals surface area contributed by atoms with Crippen LogP contribution in [0, 0.1) is 18.3 Å². The molecule has 0 unspecified atom stereocenters. The van der Waals surface area contributed by atoms with Crippen molar-refractivity contribution in [2.75, 3.05) is 48.3 Å². The first-order chi connectivity index (χ1) is 17.8. The highest BCUT2D eigenvalue weighted by Crippen LogP contribution is 2.34. The van der Waals surface area contributed by atoms with Crippen LogP contribution in [0.3, 0.4) is 0 Å². The van der Waals surface area contributed by atoms with Crippen LogP contribution in [-0.4, -0.2) is 60.3 Å². The highest BCUT2D eigenvalue weighted by molar-refractivity contribution is 7.10. The molecule has 0 aliphatic heterocycles. The molecule has 198 valence electrons. The first-order valence-corrected chi connectivity index (χ1v) is 13.0. The molecule has 0 radical (unpaired) electrons. The summed E-state index contributed by atoms with van der Waals surface area (Å²) in [5.74, 6) is -0.851. The van der Waals surface area contributed by atoms with Gasteiger partial charge in [-0.25, -0.2) is 0 Å². The third kappa shape index (κ3) is 9.95. The molecule has 0 aliphatic rings. The van der Waals surface area contributed by atoms with E-state index < -0.39 is 11.9 Å². The summed E-state index contributed by atoms with van der Waals surface area (Å²) in [5, 5.41) is 20.7. The number of nitriles is 1. The standard InChI is InChI=1S/C23H26Cl2N6O5S/c1-15-18(14-26)23(37-30-15)29-28-19-4-3-17(13-20(19)27-16(2)32)31(9-11-35-21(33)5-7-24)10-12-36-22(34)6-8-25/h3-4,13H,5-12H2,1-2H3,(H,27,32)/b29-28+. The molecule has 0 aliphatic carbocycles. The van der Waals surface area contributed by atoms with Crippen molar-refractivity contribution < 1.29 is 23.9 Å². The normalized spacial score (nSPS) is 10.7. The summed E-state index contributed by atoms with van der Waals surface area (Å²) in [4.78, 5) is 37.1. The molecule has 0 saturated heterocycles. The SMILES string of the molecule is CC(=O)Nc1cc(N(CCOC(=O)CCCl)CCOC(=O)CCCl)ccc1/N=N/c1snc(C)c1C#N. The van der Waals surface area contributed by atoms with Gasteiger partial charge in [0.15, 0.2) is 5.00 Å². The van der Waals surface area contributed by atoms with Crippen molar-refractivity contribution in [1.82, 2.24) is 4.37 Å². The van der Waals surface area contributed by atoms with Crippen molar-refractivity contribution in [2.45, 2.75) is 26.7 Å². The van der Waals surface area contributed by atoms with Crippen LogP contribution in [0.4, 0.5) is 22.1 Å². The third-order valence-electron chi connectivity index (χ3n) is 4.71. The molecule has 1 heterocycles. The summed E-state index contributed by atoms with van der Waals surface area (Å²) in [6, 6.07) is 7.12. The van der Waals surface area contributed by atoms with Crippen molar-refractivity contribution in [3.8, 4) is 6.07 Å². The zero-order valence-electron chi connectivity index (χ0n) is 20.3. The van der Waals surface area contributed by atoms with E-state index in [1.54, 1.807) is 25.1 Å². The average molecular weight is 569 g/mol. The second-order valence-electron chi connectivity index (χ2n) is 7.45. The van der Waals surface area contributed by atoms with Crippen LogP contribution in [-0.2, 0) is 23.9 Å². The Morgan fingerprint density at radius 2 is 1.73 bits per heavy atom. The number of aryl methyl sites for hydroxylation is 1. The van der Waals surface area contributed by atoms with E-state index in [1.165, 1.54) is 6.92 Å². The molecule has 2 rings (SSSR count). The van der Waals surface area contributed by atoms with E-state index >= 15 is 0 Å². The summed E-state index contributed by atoms with van der Waals surface area (Å²) in [7, 11) is 0. The highest BCUT2D eigenvalue weighted by Gasteiger charge is 2.15. The Kier molecular flexibility index (Phi) is 12.8. The number of halogens is 2. The van der Waals surface area contributed by atoms with Gasteiger partial charge < -0.3 is 19.7 Å². The zero-order valence-corrected chi connectivity index (χ0v) is 22.7. The van der Waals surface area contributed by atoms with Gasteiger partial charge in [0.05, 0.1) is 37.3 Å². The van der Waals surface area contributed by atoms with Gasteiger partial charge in [-0.1, -0.05) is 0 Å². The van der Waals surface area contributed by atoms with Crippen molar-refractivity contribution in [3.63, 3.8) is 0 Å². The van der Waals surface area contributed by atoms with Gasteiger partial charge >= 0.3 is 11.9 Å². The second kappa shape index (κ2) is 15.8. The first kappa shape index (κ1) is 30.0. The number of rotatable bonds is 14. The maximum atomic E-state index is 11.9. The van der Waals surface area contributed by atoms with E-state index in [2.05, 4.69) is 26.0 Å². The minimum atomic E-state index is -0.423. The topological polar surface area (TPSA) is 146 Å². The molecule has 1 aromatic carbocycles. The van der Waals surface area contributed by atoms with E-state index in [0.717, 1.165) is 11.5 Å². The largest absolute Gasteiger partial charge is 0.464 e. The van der Waals surface area contributed by atoms with Gasteiger partial charge in [0.2, 0.25) is 5.91 Å². The molecular weight excluding hydrogens is 543 g/mol. The van der Waals surface area contributed by atoms with Crippen LogP contribution < -0.4 is 10.2 Å². The van der Waals surface area contributed by atoms with Gasteiger partial charge in [-0.2, -0.15) is 9.64 Å². The monoisotopic (exact) mass is 568 g/mol. The molecule has 14 heteroatoms. The van der Waals surface area contributed by atoms with E-state index in [-0.39, 0.29) is 56.8 Å². The lowest BCUT2D eigenvalue weighted by Crippen LogP contribution is -2.32. The third-order valence-corrected chi connectivity index (χ3v) is 5.91. The molecule has 11 nitrogen and oxygen atoms in total. The number of hydrogen-bond acceptors (Lipinski definition) is 11. The lowest BCUT2D eigenvalue weighted by molar-refractivity contribution is -0.143. The number of carbonyl (C=O) groups excluding carboxylic acids is 3. The van der Waals surface area contributed by atoms with Crippen molar-refractivity contribution >= 4 is 74.6 Å². The molecule has 0 fully saturated rings. The number of azo groups is 1. The van der Waals surface area contributed by atoms with E-state index in [0.29, 0.717) is 33.3 Å². The molecule has 2 aromatic rings. The Morgan fingerprint density at radius 3 is 2.27 bits per heavy atom. The molecule has 0 spiro atoms. The Balaban J connectivity index is 2.28. The van der Waals surface area contributed by atoms with Gasteiger partial charge in [0.1, 0.15) is 30.5 Å². The van der Waals surface area contributed by atoms with Gasteiger partial charge in [-0.3, -0.25) is 14.4 Å². The number of ether oxygens (including phenoxy) is 2. The van der Waals surface area contributed by atoms with Crippen LogP contribution in [0.2, 0.25) is 0 Å². The van der Waals surface area contributed by atoms with Crippen LogP contribution in [0.15, 0.2) is 28.4 Å². The number of amides is 1. The number of nitrogens with one attached hydrogen (secondary N) is 1. The fourth-order valence-corrected chi connectivity index (χ4v) is 3.94. The Labute approximate surface area is 228 Å². The number of nitrogens with zero attached hydrogens (tertiary/aromatic N) is 5. The molecule has 0 atom stereocenters. The van der Waals surface area contributed by atoms with E-state index in [9.17, 15) is 19.6 Å². The van der Waals surface area contributed by atoms with Gasteiger partial charge in [-0.05, 0) is 36.7 Å². The Bertz CT molecular complexity index is 1140. The van der Waals surface area contributed by atoms with Crippen LogP contribution in [0.25, 0.3) is 0 Å². The Hall–Kier alpha value is -3.27. The minimum Gasteiger partial charge on any atom is -0.464 e. The predicted molar refractivity (Wildman–Crippen MR) is 141 cm³/mol. The maximum Gasteiger partial charge on any atom is 0.307 e. The van der Waals surface area contributed by atoms with Crippen molar-refractivity contribution in [3.05, 3.63) is 29.5 Å². The first-order valence-electron chi connectivity index (χ1n) is 11.2. The van der Waals surface area contributed by atoms with Gasteiger partial charge in [-0.15, -0.1) is 33.4 Å². The number of anilines is 2. The predicted octanol–water partition coefficient (Wildman–Crippen LogP) is 4.85. The molecule has 1 N–H and O–H groups in total. The van der Waals surface area contributed by atoms with Crippen LogP contribution in [0.1, 0.15) is 31.0 Å². The molecule has 0 bridgehead atoms. The lowest BCUT2D eigenvalue weighted by Gasteiger charge is -2.25. The van der Waals surface area contributed by atoms with Crippen LogP contribution >= 0.6 is 34.7 Å². The number of hydrogen-bond donors (Lipinski definition) is 1. The fourth-order valence-electron chi connectivity index (χ4n) is 2.96. The molecular formula is C23H26Cl2N6O5S. The van der Waals surface area contributed by atoms with Gasteiger partial charge in [0, 0.05) is 24.4 Å². The summed E-state index contributed by atoms with van der Waals surface area (Å²) in [6.07, 6.45) is 0.188. The molecule has 1 aromatic heterocycles. The number of benzene rings is 1. The van der Waals surface area contributed by atoms with Crippen molar-refractivity contribution in [2.24, 2.45) is 10.2 Å². The summed E-state index contributed by atoms with van der Waals surface area (Å²) < 4.78 is 14.5. The van der Waals surface area contributed by atoms with E-state index in [1.807, 2.05) is 4.90 Å². The average Bonchev–Trinajstić information content (AvgIpc) is 3.21. The molecule has 1 amide bonds. The van der Waals surface area contributed by atoms with E-state index in [4.69, 9.17) is 32.7 Å². The number of carbonyl (C=O) groups is 3. The second-order valence-corrected chi connectivity index (χ2v) is 8.96. The highest BCUT2D eigenvalue weighted by atomic mass is 35.5. The molecule has 37 heavy (non-hydrogen) atoms. The summed E-state index contributed by atoms with van der Waals surface area (Å²) in [5.41, 5.74) is 2.28. The zero-order chi connectivity index (χ0) is 27.2. The van der Waals surface area contributed by atoms with Gasteiger partial charge in [0.25, 0.3) is 0 Å².